The van der Waals surface area contributed by atoms with Gasteiger partial charge in [0.1, 0.15) is 0 Å². The third kappa shape index (κ3) is 1.14. The second-order valence-corrected chi connectivity index (χ2v) is 3.79. The summed E-state index contributed by atoms with van der Waals surface area (Å²) in [6, 6.07) is 0. The van der Waals surface area contributed by atoms with Crippen LogP contribution in [-0.2, 0) is 6.42 Å². The van der Waals surface area contributed by atoms with Crippen LogP contribution in [0.25, 0.3) is 12.2 Å². The van der Waals surface area contributed by atoms with E-state index in [-0.39, 0.29) is 0 Å². The normalized spacial score (nSPS) is 15.0. The monoisotopic (exact) mass is 164 g/mol. The summed E-state index contributed by atoms with van der Waals surface area (Å²) in [7, 11) is 0. The highest BCUT2D eigenvalue weighted by Gasteiger charge is 1.99. The van der Waals surface area contributed by atoms with Crippen molar-refractivity contribution in [2.75, 3.05) is 0 Å². The van der Waals surface area contributed by atoms with E-state index in [1.807, 2.05) is 11.3 Å². The molecule has 0 N–H and O–H groups in total. The fraction of sp³-hybridized carbons (Fsp3) is 0.400. The van der Waals surface area contributed by atoms with Crippen molar-refractivity contribution < 1.29 is 0 Å². The molecule has 1 aliphatic carbocycles. The van der Waals surface area contributed by atoms with Crippen LogP contribution >= 0.6 is 11.3 Å². The first kappa shape index (κ1) is 7.11. The van der Waals surface area contributed by atoms with Crippen molar-refractivity contribution in [3.63, 3.8) is 0 Å². The molecule has 58 valence electrons. The van der Waals surface area contributed by atoms with Crippen molar-refractivity contribution in [1.82, 2.24) is 0 Å². The third-order valence-electron chi connectivity index (χ3n) is 2.17. The Morgan fingerprint density at radius 1 is 1.36 bits per heavy atom. The van der Waals surface area contributed by atoms with E-state index < -0.39 is 0 Å². The molecule has 0 amide bonds. The Labute approximate surface area is 70.9 Å². The largest absolute Gasteiger partial charge is 0.144 e. The highest BCUT2D eigenvalue weighted by Crippen LogP contribution is 2.02. The van der Waals surface area contributed by atoms with Crippen LogP contribution in [0.1, 0.15) is 25.3 Å². The average Bonchev–Trinajstić information content (AvgIpc) is 2.47. The standard InChI is InChI=1S/C10H12S/c1-2-8-7-11-10-6-4-3-5-9(8)10/h5-7H,2-4H2,1H3. The van der Waals surface area contributed by atoms with Gasteiger partial charge in [-0.2, -0.15) is 0 Å². The smallest absolute Gasteiger partial charge is 0.0302 e. The summed E-state index contributed by atoms with van der Waals surface area (Å²) < 4.78 is 1.49. The van der Waals surface area contributed by atoms with E-state index in [9.17, 15) is 0 Å². The quantitative estimate of drug-likeness (QED) is 0.592. The van der Waals surface area contributed by atoms with Crippen LogP contribution in [-0.4, -0.2) is 0 Å². The molecule has 1 aromatic heterocycles. The van der Waals surface area contributed by atoms with Crippen LogP contribution in [0.15, 0.2) is 5.38 Å². The topological polar surface area (TPSA) is 0 Å². The number of rotatable bonds is 1. The van der Waals surface area contributed by atoms with Gasteiger partial charge < -0.3 is 0 Å². The summed E-state index contributed by atoms with van der Waals surface area (Å²) in [6.45, 7) is 2.23. The Balaban J connectivity index is 2.73. The average molecular weight is 164 g/mol. The lowest BCUT2D eigenvalue weighted by molar-refractivity contribution is 1.09. The first-order valence-corrected chi connectivity index (χ1v) is 5.06. The van der Waals surface area contributed by atoms with Crippen molar-refractivity contribution in [2.45, 2.75) is 26.2 Å². The zero-order valence-electron chi connectivity index (χ0n) is 6.76. The van der Waals surface area contributed by atoms with Crippen LogP contribution in [0.3, 0.4) is 0 Å². The van der Waals surface area contributed by atoms with Gasteiger partial charge >= 0.3 is 0 Å². The molecular weight excluding hydrogens is 152 g/mol. The van der Waals surface area contributed by atoms with Crippen molar-refractivity contribution in [3.05, 3.63) is 20.7 Å². The van der Waals surface area contributed by atoms with Crippen LogP contribution in [0.5, 0.6) is 0 Å². The molecule has 0 spiro atoms. The van der Waals surface area contributed by atoms with E-state index in [1.165, 1.54) is 34.6 Å². The van der Waals surface area contributed by atoms with Gasteiger partial charge in [0.15, 0.2) is 0 Å². The molecule has 2 rings (SSSR count). The fourth-order valence-corrected chi connectivity index (χ4v) is 2.64. The third-order valence-corrected chi connectivity index (χ3v) is 3.21. The van der Waals surface area contributed by atoms with Gasteiger partial charge in [0.05, 0.1) is 0 Å². The first-order chi connectivity index (χ1) is 5.42. The molecule has 0 unspecified atom stereocenters. The molecule has 1 aliphatic rings. The van der Waals surface area contributed by atoms with Gasteiger partial charge in [0.25, 0.3) is 0 Å². The SMILES string of the molecule is CCc1csc2c1=CCCC=2. The summed E-state index contributed by atoms with van der Waals surface area (Å²) in [5, 5.41) is 3.81. The number of aryl methyl sites for hydroxylation is 1. The maximum atomic E-state index is 2.38. The zero-order chi connectivity index (χ0) is 7.68. The highest BCUT2D eigenvalue weighted by atomic mass is 32.1. The molecule has 1 aromatic rings. The molecule has 11 heavy (non-hydrogen) atoms. The molecule has 0 saturated heterocycles. The lowest BCUT2D eigenvalue weighted by atomic mass is 10.1. The number of thiophene rings is 1. The number of hydrogen-bond donors (Lipinski definition) is 0. The van der Waals surface area contributed by atoms with Crippen molar-refractivity contribution in [3.8, 4) is 0 Å². The zero-order valence-corrected chi connectivity index (χ0v) is 7.58. The van der Waals surface area contributed by atoms with Gasteiger partial charge in [-0.05, 0) is 35.4 Å². The van der Waals surface area contributed by atoms with Gasteiger partial charge in [-0.15, -0.1) is 11.3 Å². The predicted molar refractivity (Wildman–Crippen MR) is 51.1 cm³/mol. The molecule has 0 nitrogen and oxygen atoms in total. The van der Waals surface area contributed by atoms with Gasteiger partial charge in [0.2, 0.25) is 0 Å². The summed E-state index contributed by atoms with van der Waals surface area (Å²) in [5.74, 6) is 0. The van der Waals surface area contributed by atoms with Gasteiger partial charge in [-0.25, -0.2) is 0 Å². The molecule has 0 radical (unpaired) electrons. The van der Waals surface area contributed by atoms with Crippen molar-refractivity contribution in [2.24, 2.45) is 0 Å². The summed E-state index contributed by atoms with van der Waals surface area (Å²) >= 11 is 1.89. The van der Waals surface area contributed by atoms with Gasteiger partial charge in [-0.3, -0.25) is 0 Å². The van der Waals surface area contributed by atoms with E-state index >= 15 is 0 Å². The molecule has 0 fully saturated rings. The Kier molecular flexibility index (Phi) is 1.82. The Morgan fingerprint density at radius 2 is 2.18 bits per heavy atom. The Morgan fingerprint density at radius 3 is 3.00 bits per heavy atom. The van der Waals surface area contributed by atoms with E-state index in [1.54, 1.807) is 0 Å². The summed E-state index contributed by atoms with van der Waals surface area (Å²) in [5.41, 5.74) is 1.53. The van der Waals surface area contributed by atoms with Crippen LogP contribution in [0, 0.1) is 0 Å². The van der Waals surface area contributed by atoms with Crippen molar-refractivity contribution in [1.29, 1.82) is 0 Å². The molecular formula is C10H12S. The van der Waals surface area contributed by atoms with Gasteiger partial charge in [0, 0.05) is 4.53 Å². The molecule has 0 bridgehead atoms. The summed E-state index contributed by atoms with van der Waals surface area (Å²) in [6.07, 6.45) is 8.38. The molecule has 0 aliphatic heterocycles. The molecule has 0 aromatic carbocycles. The lowest BCUT2D eigenvalue weighted by Gasteiger charge is -1.95. The molecule has 1 heteroatoms. The van der Waals surface area contributed by atoms with E-state index in [4.69, 9.17) is 0 Å². The number of hydrogen-bond acceptors (Lipinski definition) is 1. The molecule has 0 atom stereocenters. The second-order valence-electron chi connectivity index (χ2n) is 2.88. The Hall–Kier alpha value is -0.560. The minimum Gasteiger partial charge on any atom is -0.144 e. The van der Waals surface area contributed by atoms with Crippen LogP contribution in [0.2, 0.25) is 0 Å². The lowest BCUT2D eigenvalue weighted by Crippen LogP contribution is -2.23. The van der Waals surface area contributed by atoms with E-state index in [2.05, 4.69) is 24.5 Å². The predicted octanol–water partition coefficient (Wildman–Crippen LogP) is 1.67. The first-order valence-electron chi connectivity index (χ1n) is 4.18. The maximum Gasteiger partial charge on any atom is 0.0302 e. The number of fused-ring (bicyclic) bond motifs is 1. The maximum absolute atomic E-state index is 2.38. The van der Waals surface area contributed by atoms with Gasteiger partial charge in [-0.1, -0.05) is 19.1 Å². The highest BCUT2D eigenvalue weighted by molar-refractivity contribution is 7.07. The minimum atomic E-state index is 1.18. The van der Waals surface area contributed by atoms with Crippen molar-refractivity contribution >= 4 is 23.5 Å². The molecule has 1 heterocycles. The summed E-state index contributed by atoms with van der Waals surface area (Å²) in [4.78, 5) is 0. The molecule has 0 saturated carbocycles. The van der Waals surface area contributed by atoms with Crippen LogP contribution < -0.4 is 9.75 Å². The van der Waals surface area contributed by atoms with E-state index in [0.29, 0.717) is 0 Å². The fourth-order valence-electron chi connectivity index (χ4n) is 1.53. The van der Waals surface area contributed by atoms with E-state index in [0.717, 1.165) is 0 Å². The Bertz CT molecular complexity index is 357. The second kappa shape index (κ2) is 2.82. The van der Waals surface area contributed by atoms with Crippen LogP contribution in [0.4, 0.5) is 0 Å². The minimum absolute atomic E-state index is 1.18.